The Bertz CT molecular complexity index is 583. The van der Waals surface area contributed by atoms with Gasteiger partial charge in [-0.2, -0.15) is 16.8 Å². The number of carbonyl (C=O) groups is 1. The Morgan fingerprint density at radius 1 is 0.857 bits per heavy atom. The lowest BCUT2D eigenvalue weighted by Crippen LogP contribution is -1.98. The smallest absolute Gasteiger partial charge is 0.394 e. The first-order valence-electron chi connectivity index (χ1n) is 4.58. The normalized spacial score (nSPS) is 10.5. The minimum absolute atomic E-state index is 0.000278. The van der Waals surface area contributed by atoms with Gasteiger partial charge < -0.3 is 10.2 Å². The Morgan fingerprint density at radius 3 is 1.38 bits per heavy atom. The summed E-state index contributed by atoms with van der Waals surface area (Å²) in [4.78, 5) is 10.2. The number of hydrogen-bond acceptors (Lipinski definition) is 6. The highest BCUT2D eigenvalue weighted by molar-refractivity contribution is 7.80. The molecule has 0 heterocycles. The molecule has 0 amide bonds. The average Bonchev–Trinajstić information content (AvgIpc) is 2.15. The standard InChI is InChI=1S/C8H8O3.2H2O4S/c9-7-3-1-6(2-4-7)5-8(10)11;2*1-5(2,3)4/h1-4,9H,5H2,(H,10,11);2*(H2,1,2,3,4). The van der Waals surface area contributed by atoms with Gasteiger partial charge in [-0.15, -0.1) is 0 Å². The maximum atomic E-state index is 10.2. The molecule has 1 rings (SSSR count). The van der Waals surface area contributed by atoms with Gasteiger partial charge in [-0.3, -0.25) is 23.0 Å². The fourth-order valence-corrected chi connectivity index (χ4v) is 0.788. The van der Waals surface area contributed by atoms with Crippen LogP contribution in [0.25, 0.3) is 0 Å². The van der Waals surface area contributed by atoms with Crippen molar-refractivity contribution >= 4 is 26.8 Å². The molecule has 0 aliphatic rings. The molecule has 122 valence electrons. The van der Waals surface area contributed by atoms with Crippen LogP contribution < -0.4 is 0 Å². The molecule has 1 aromatic carbocycles. The van der Waals surface area contributed by atoms with Crippen molar-refractivity contribution in [2.45, 2.75) is 6.42 Å². The Kier molecular flexibility index (Phi) is 9.45. The molecule has 0 unspecified atom stereocenters. The van der Waals surface area contributed by atoms with E-state index >= 15 is 0 Å². The molecule has 0 fully saturated rings. The predicted octanol–water partition coefficient (Wildman–Crippen LogP) is -0.286. The summed E-state index contributed by atoms with van der Waals surface area (Å²) in [6.45, 7) is 0. The van der Waals surface area contributed by atoms with Gasteiger partial charge in [-0.05, 0) is 17.7 Å². The van der Waals surface area contributed by atoms with Crippen LogP contribution in [0.4, 0.5) is 0 Å². The molecular weight excluding hydrogens is 336 g/mol. The maximum absolute atomic E-state index is 10.2. The van der Waals surface area contributed by atoms with Crippen molar-refractivity contribution in [1.82, 2.24) is 0 Å². The van der Waals surface area contributed by atoms with Gasteiger partial charge in [0.1, 0.15) is 5.75 Å². The van der Waals surface area contributed by atoms with Gasteiger partial charge in [0.2, 0.25) is 0 Å². The molecule has 0 aromatic heterocycles. The highest BCUT2D eigenvalue weighted by atomic mass is 32.3. The van der Waals surface area contributed by atoms with Gasteiger partial charge in [-0.25, -0.2) is 0 Å². The lowest BCUT2D eigenvalue weighted by Gasteiger charge is -1.95. The Balaban J connectivity index is 0. The van der Waals surface area contributed by atoms with Crippen molar-refractivity contribution in [3.8, 4) is 5.75 Å². The van der Waals surface area contributed by atoms with Crippen LogP contribution in [0.3, 0.4) is 0 Å². The van der Waals surface area contributed by atoms with E-state index in [1.807, 2.05) is 0 Å². The van der Waals surface area contributed by atoms with Crippen molar-refractivity contribution in [2.24, 2.45) is 0 Å². The van der Waals surface area contributed by atoms with Crippen LogP contribution >= 0.6 is 0 Å². The van der Waals surface area contributed by atoms with Crippen LogP contribution in [0, 0.1) is 0 Å². The third kappa shape index (κ3) is 32.1. The molecule has 6 N–H and O–H groups in total. The lowest BCUT2D eigenvalue weighted by atomic mass is 10.1. The summed E-state index contributed by atoms with van der Waals surface area (Å²) < 4.78 is 63.2. The fraction of sp³-hybridized carbons (Fsp3) is 0.125. The van der Waals surface area contributed by atoms with Crippen LogP contribution in [0.5, 0.6) is 5.75 Å². The van der Waals surface area contributed by atoms with Crippen molar-refractivity contribution in [2.75, 3.05) is 0 Å². The van der Waals surface area contributed by atoms with E-state index in [0.29, 0.717) is 5.56 Å². The predicted molar refractivity (Wildman–Crippen MR) is 67.8 cm³/mol. The lowest BCUT2D eigenvalue weighted by molar-refractivity contribution is -0.136. The van der Waals surface area contributed by atoms with Gasteiger partial charge in [-0.1, -0.05) is 12.1 Å². The Labute approximate surface area is 119 Å². The van der Waals surface area contributed by atoms with Crippen LogP contribution in [-0.4, -0.2) is 51.2 Å². The van der Waals surface area contributed by atoms with E-state index in [1.165, 1.54) is 12.1 Å². The fourth-order valence-electron chi connectivity index (χ4n) is 0.788. The topological polar surface area (TPSA) is 207 Å². The minimum Gasteiger partial charge on any atom is -0.508 e. The van der Waals surface area contributed by atoms with E-state index < -0.39 is 26.8 Å². The molecular formula is C8H12O11S2. The van der Waals surface area contributed by atoms with Crippen LogP contribution in [0.2, 0.25) is 0 Å². The molecule has 0 saturated heterocycles. The molecule has 21 heavy (non-hydrogen) atoms. The summed E-state index contributed by atoms with van der Waals surface area (Å²) in [7, 11) is -9.33. The number of aliphatic carboxylic acids is 1. The molecule has 13 heteroatoms. The second kappa shape index (κ2) is 9.22. The SMILES string of the molecule is O=C(O)Cc1ccc(O)cc1.O=S(=O)(O)O.O=S(=O)(O)O. The average molecular weight is 348 g/mol. The third-order valence-electron chi connectivity index (χ3n) is 1.29. The number of carboxylic acids is 1. The molecule has 0 spiro atoms. The molecule has 0 bridgehead atoms. The van der Waals surface area contributed by atoms with E-state index in [2.05, 4.69) is 0 Å². The number of aromatic hydroxyl groups is 1. The van der Waals surface area contributed by atoms with Crippen molar-refractivity contribution in [3.05, 3.63) is 29.8 Å². The van der Waals surface area contributed by atoms with Crippen molar-refractivity contribution in [3.63, 3.8) is 0 Å². The van der Waals surface area contributed by atoms with E-state index in [4.69, 9.17) is 45.3 Å². The second-order valence-electron chi connectivity index (χ2n) is 3.13. The van der Waals surface area contributed by atoms with Gasteiger partial charge in [0.25, 0.3) is 0 Å². The van der Waals surface area contributed by atoms with Crippen LogP contribution in [0.1, 0.15) is 5.56 Å². The number of carboxylic acid groups (broad SMARTS) is 1. The van der Waals surface area contributed by atoms with Gasteiger partial charge in [0, 0.05) is 0 Å². The van der Waals surface area contributed by atoms with Crippen molar-refractivity contribution < 1.29 is 50.1 Å². The van der Waals surface area contributed by atoms with Crippen LogP contribution in [0.15, 0.2) is 24.3 Å². The molecule has 1 aromatic rings. The van der Waals surface area contributed by atoms with Crippen molar-refractivity contribution in [1.29, 1.82) is 0 Å². The number of phenolic OH excluding ortho intramolecular Hbond substituents is 1. The zero-order chi connectivity index (χ0) is 17.3. The van der Waals surface area contributed by atoms with E-state index in [1.54, 1.807) is 12.1 Å². The highest BCUT2D eigenvalue weighted by Crippen LogP contribution is 2.09. The summed E-state index contributed by atoms with van der Waals surface area (Å²) >= 11 is 0. The summed E-state index contributed by atoms with van der Waals surface area (Å²) in [6, 6.07) is 6.11. The van der Waals surface area contributed by atoms with Gasteiger partial charge in [0.15, 0.2) is 0 Å². The molecule has 0 radical (unpaired) electrons. The number of hydrogen-bond donors (Lipinski definition) is 6. The van der Waals surface area contributed by atoms with Crippen LogP contribution in [-0.2, 0) is 32.0 Å². The first-order chi connectivity index (χ1) is 9.18. The summed E-state index contributed by atoms with van der Waals surface area (Å²) in [5.41, 5.74) is 0.690. The number of phenols is 1. The van der Waals surface area contributed by atoms with E-state index in [-0.39, 0.29) is 12.2 Å². The van der Waals surface area contributed by atoms with E-state index in [0.717, 1.165) is 0 Å². The Hall–Kier alpha value is -1.77. The first-order valence-corrected chi connectivity index (χ1v) is 7.37. The monoisotopic (exact) mass is 348 g/mol. The summed E-state index contributed by atoms with van der Waals surface area (Å²) in [6.07, 6.45) is 0.000278. The molecule has 0 aliphatic heterocycles. The third-order valence-corrected chi connectivity index (χ3v) is 1.29. The molecule has 0 atom stereocenters. The van der Waals surface area contributed by atoms with Gasteiger partial charge >= 0.3 is 26.8 Å². The number of rotatable bonds is 2. The zero-order valence-corrected chi connectivity index (χ0v) is 11.7. The summed E-state index contributed by atoms with van der Waals surface area (Å²) in [5.74, 6) is -0.713. The second-order valence-corrected chi connectivity index (χ2v) is 4.92. The molecule has 0 aliphatic carbocycles. The minimum atomic E-state index is -4.67. The highest BCUT2D eigenvalue weighted by Gasteiger charge is 1.98. The quantitative estimate of drug-likeness (QED) is 0.383. The largest absolute Gasteiger partial charge is 0.508 e. The Morgan fingerprint density at radius 2 is 1.14 bits per heavy atom. The maximum Gasteiger partial charge on any atom is 0.394 e. The first kappa shape index (κ1) is 21.5. The zero-order valence-electron chi connectivity index (χ0n) is 10.1. The summed E-state index contributed by atoms with van der Waals surface area (Å²) in [5, 5.41) is 17.2. The molecule has 11 nitrogen and oxygen atoms in total. The number of benzene rings is 1. The van der Waals surface area contributed by atoms with E-state index in [9.17, 15) is 4.79 Å². The van der Waals surface area contributed by atoms with Gasteiger partial charge in [0.05, 0.1) is 6.42 Å². The molecule has 0 saturated carbocycles.